The van der Waals surface area contributed by atoms with Gasteiger partial charge in [0.05, 0.1) is 10.5 Å². The van der Waals surface area contributed by atoms with Gasteiger partial charge in [0.15, 0.2) is 0 Å². The molecule has 1 aliphatic rings. The SMILES string of the molecule is CC(C)CCNC(=O)c1ccc2c(Cl)c3c(nc2c1)CCCC3. The van der Waals surface area contributed by atoms with Crippen LogP contribution in [-0.2, 0) is 12.8 Å². The van der Waals surface area contributed by atoms with Crippen LogP contribution in [0, 0.1) is 5.92 Å². The van der Waals surface area contributed by atoms with Crippen LogP contribution in [0.2, 0.25) is 5.02 Å². The normalized spacial score (nSPS) is 14.1. The van der Waals surface area contributed by atoms with Crippen molar-refractivity contribution in [3.8, 4) is 0 Å². The molecule has 3 nitrogen and oxygen atoms in total. The molecule has 0 radical (unpaired) electrons. The van der Waals surface area contributed by atoms with Crippen LogP contribution in [0.15, 0.2) is 18.2 Å². The first-order valence-corrected chi connectivity index (χ1v) is 8.83. The Morgan fingerprint density at radius 3 is 2.87 bits per heavy atom. The summed E-state index contributed by atoms with van der Waals surface area (Å²) in [7, 11) is 0. The number of benzene rings is 1. The van der Waals surface area contributed by atoms with E-state index in [0.29, 0.717) is 18.0 Å². The zero-order valence-corrected chi connectivity index (χ0v) is 14.5. The lowest BCUT2D eigenvalue weighted by molar-refractivity contribution is 0.0952. The van der Waals surface area contributed by atoms with Crippen LogP contribution in [-0.4, -0.2) is 17.4 Å². The first-order valence-electron chi connectivity index (χ1n) is 8.45. The van der Waals surface area contributed by atoms with Gasteiger partial charge >= 0.3 is 0 Å². The van der Waals surface area contributed by atoms with Gasteiger partial charge in [0.25, 0.3) is 5.91 Å². The Morgan fingerprint density at radius 2 is 2.09 bits per heavy atom. The van der Waals surface area contributed by atoms with E-state index >= 15 is 0 Å². The maximum Gasteiger partial charge on any atom is 0.251 e. The summed E-state index contributed by atoms with van der Waals surface area (Å²) in [5, 5.41) is 4.74. The predicted octanol–water partition coefficient (Wildman–Crippen LogP) is 4.54. The fourth-order valence-corrected chi connectivity index (χ4v) is 3.45. The topological polar surface area (TPSA) is 42.0 Å². The van der Waals surface area contributed by atoms with Gasteiger partial charge in [0, 0.05) is 23.2 Å². The number of nitrogens with zero attached hydrogens (tertiary/aromatic N) is 1. The molecule has 0 saturated carbocycles. The molecule has 0 saturated heterocycles. The third kappa shape index (κ3) is 3.50. The quantitative estimate of drug-likeness (QED) is 0.894. The Balaban J connectivity index is 1.88. The first-order chi connectivity index (χ1) is 11.1. The molecule has 0 spiro atoms. The van der Waals surface area contributed by atoms with E-state index in [1.54, 1.807) is 0 Å². The third-order valence-electron chi connectivity index (χ3n) is 4.46. The van der Waals surface area contributed by atoms with Crippen LogP contribution in [0.5, 0.6) is 0 Å². The van der Waals surface area contributed by atoms with Gasteiger partial charge in [-0.2, -0.15) is 0 Å². The van der Waals surface area contributed by atoms with Crippen molar-refractivity contribution in [1.29, 1.82) is 0 Å². The van der Waals surface area contributed by atoms with Gasteiger partial charge in [-0.15, -0.1) is 0 Å². The number of carbonyl (C=O) groups excluding carboxylic acids is 1. The smallest absolute Gasteiger partial charge is 0.251 e. The minimum Gasteiger partial charge on any atom is -0.352 e. The van der Waals surface area contributed by atoms with Crippen LogP contribution in [0.1, 0.15) is 54.7 Å². The van der Waals surface area contributed by atoms with Crippen molar-refractivity contribution in [2.75, 3.05) is 6.54 Å². The minimum absolute atomic E-state index is 0.0387. The molecule has 1 heterocycles. The van der Waals surface area contributed by atoms with Crippen molar-refractivity contribution in [2.24, 2.45) is 5.92 Å². The Labute approximate surface area is 142 Å². The summed E-state index contributed by atoms with van der Waals surface area (Å²) in [6, 6.07) is 5.63. The molecule has 0 atom stereocenters. The summed E-state index contributed by atoms with van der Waals surface area (Å²) in [5.74, 6) is 0.544. The number of fused-ring (bicyclic) bond motifs is 2. The van der Waals surface area contributed by atoms with Gasteiger partial charge in [-0.05, 0) is 55.7 Å². The number of rotatable bonds is 4. The van der Waals surface area contributed by atoms with E-state index in [0.717, 1.165) is 47.3 Å². The molecule has 0 fully saturated rings. The minimum atomic E-state index is -0.0387. The molecule has 122 valence electrons. The van der Waals surface area contributed by atoms with Gasteiger partial charge < -0.3 is 5.32 Å². The molecule has 1 aliphatic carbocycles. The third-order valence-corrected chi connectivity index (χ3v) is 4.89. The highest BCUT2D eigenvalue weighted by atomic mass is 35.5. The molecule has 2 aromatic rings. The highest BCUT2D eigenvalue weighted by molar-refractivity contribution is 6.36. The molecular formula is C19H23ClN2O. The molecule has 1 N–H and O–H groups in total. The number of aromatic nitrogens is 1. The van der Waals surface area contributed by atoms with Crippen molar-refractivity contribution < 1.29 is 4.79 Å². The molecule has 1 aromatic heterocycles. The molecule has 4 heteroatoms. The number of amides is 1. The molecule has 3 rings (SSSR count). The fraction of sp³-hybridized carbons (Fsp3) is 0.474. The summed E-state index contributed by atoms with van der Waals surface area (Å²) in [4.78, 5) is 17.0. The van der Waals surface area contributed by atoms with Gasteiger partial charge in [0.2, 0.25) is 0 Å². The van der Waals surface area contributed by atoms with E-state index in [-0.39, 0.29) is 5.91 Å². The molecule has 1 aromatic carbocycles. The van der Waals surface area contributed by atoms with E-state index in [1.165, 1.54) is 12.0 Å². The van der Waals surface area contributed by atoms with Crippen molar-refractivity contribution >= 4 is 28.4 Å². The van der Waals surface area contributed by atoms with Crippen molar-refractivity contribution in [3.05, 3.63) is 40.0 Å². The van der Waals surface area contributed by atoms with Crippen molar-refractivity contribution in [3.63, 3.8) is 0 Å². The van der Waals surface area contributed by atoms with E-state index < -0.39 is 0 Å². The van der Waals surface area contributed by atoms with Crippen molar-refractivity contribution in [2.45, 2.75) is 46.0 Å². The second-order valence-electron chi connectivity index (χ2n) is 6.73. The Kier molecular flexibility index (Phi) is 4.86. The Hall–Kier alpha value is -1.61. The number of carbonyl (C=O) groups is 1. The molecule has 0 aliphatic heterocycles. The van der Waals surface area contributed by atoms with Crippen LogP contribution in [0.25, 0.3) is 10.9 Å². The zero-order valence-electron chi connectivity index (χ0n) is 13.8. The molecule has 1 amide bonds. The molecule has 23 heavy (non-hydrogen) atoms. The first kappa shape index (κ1) is 16.3. The predicted molar refractivity (Wildman–Crippen MR) is 95.2 cm³/mol. The van der Waals surface area contributed by atoms with Gasteiger partial charge in [-0.3, -0.25) is 9.78 Å². The van der Waals surface area contributed by atoms with Gasteiger partial charge in [-0.1, -0.05) is 31.5 Å². The van der Waals surface area contributed by atoms with Gasteiger partial charge in [-0.25, -0.2) is 0 Å². The number of pyridine rings is 1. The van der Waals surface area contributed by atoms with Crippen molar-refractivity contribution in [1.82, 2.24) is 10.3 Å². The number of hydrogen-bond acceptors (Lipinski definition) is 2. The number of aryl methyl sites for hydroxylation is 1. The summed E-state index contributed by atoms with van der Waals surface area (Å²) < 4.78 is 0. The lowest BCUT2D eigenvalue weighted by Gasteiger charge is -2.18. The summed E-state index contributed by atoms with van der Waals surface area (Å²) >= 11 is 6.57. The van der Waals surface area contributed by atoms with Crippen LogP contribution in [0.4, 0.5) is 0 Å². The maximum absolute atomic E-state index is 12.3. The average Bonchev–Trinajstić information content (AvgIpc) is 2.54. The molecule has 0 unspecified atom stereocenters. The summed E-state index contributed by atoms with van der Waals surface area (Å²) in [6.07, 6.45) is 5.31. The van der Waals surface area contributed by atoms with Crippen LogP contribution in [0.3, 0.4) is 0 Å². The number of nitrogens with one attached hydrogen (secondary N) is 1. The maximum atomic E-state index is 12.3. The largest absolute Gasteiger partial charge is 0.352 e. The number of hydrogen-bond donors (Lipinski definition) is 1. The standard InChI is InChI=1S/C19H23ClN2O/c1-12(2)9-10-21-19(23)13-7-8-15-17(11-13)22-16-6-4-3-5-14(16)18(15)20/h7-8,11-12H,3-6,9-10H2,1-2H3,(H,21,23). The highest BCUT2D eigenvalue weighted by Gasteiger charge is 2.17. The average molecular weight is 331 g/mol. The second kappa shape index (κ2) is 6.88. The fourth-order valence-electron chi connectivity index (χ4n) is 3.08. The zero-order chi connectivity index (χ0) is 16.4. The second-order valence-corrected chi connectivity index (χ2v) is 7.11. The van der Waals surface area contributed by atoms with Crippen LogP contribution >= 0.6 is 11.6 Å². The lowest BCUT2D eigenvalue weighted by Crippen LogP contribution is -2.25. The molecule has 0 bridgehead atoms. The van der Waals surface area contributed by atoms with E-state index in [1.807, 2.05) is 18.2 Å². The van der Waals surface area contributed by atoms with Crippen LogP contribution < -0.4 is 5.32 Å². The Morgan fingerprint density at radius 1 is 1.30 bits per heavy atom. The molecular weight excluding hydrogens is 308 g/mol. The monoisotopic (exact) mass is 330 g/mol. The number of halogens is 1. The Bertz CT molecular complexity index is 740. The summed E-state index contributed by atoms with van der Waals surface area (Å²) in [5.41, 5.74) is 3.78. The summed E-state index contributed by atoms with van der Waals surface area (Å²) in [6.45, 7) is 5.00. The van der Waals surface area contributed by atoms with Gasteiger partial charge in [0.1, 0.15) is 0 Å². The van der Waals surface area contributed by atoms with E-state index in [2.05, 4.69) is 19.2 Å². The van der Waals surface area contributed by atoms with E-state index in [4.69, 9.17) is 16.6 Å². The highest BCUT2D eigenvalue weighted by Crippen LogP contribution is 2.33. The van der Waals surface area contributed by atoms with E-state index in [9.17, 15) is 4.79 Å². The lowest BCUT2D eigenvalue weighted by atomic mass is 9.94.